The van der Waals surface area contributed by atoms with Crippen LogP contribution in [0.25, 0.3) is 0 Å². The fourth-order valence-corrected chi connectivity index (χ4v) is 4.36. The van der Waals surface area contributed by atoms with Crippen molar-refractivity contribution < 1.29 is 13.2 Å². The first-order valence-corrected chi connectivity index (χ1v) is 12.4. The van der Waals surface area contributed by atoms with Gasteiger partial charge in [0.15, 0.2) is 5.96 Å². The second-order valence-corrected chi connectivity index (χ2v) is 9.62. The fourth-order valence-electron chi connectivity index (χ4n) is 3.76. The Morgan fingerprint density at radius 1 is 1.22 bits per heavy atom. The Morgan fingerprint density at radius 2 is 1.97 bits per heavy atom. The van der Waals surface area contributed by atoms with Crippen molar-refractivity contribution in [1.82, 2.24) is 10.2 Å². The first-order valence-electron chi connectivity index (χ1n) is 10.5. The maximum atomic E-state index is 11.7. The molecule has 0 aromatic heterocycles. The third kappa shape index (κ3) is 7.35. The molecule has 1 unspecified atom stereocenters. The molecule has 0 spiro atoms. The SMILES string of the molecule is CCNC(=NCc1ccccc1NS(C)(=O)=O)N1CCOC(c2ccc(C)cc2C)C1.I. The Labute approximate surface area is 208 Å². The van der Waals surface area contributed by atoms with E-state index in [4.69, 9.17) is 9.73 Å². The molecular formula is C23H33IN4O3S. The molecule has 32 heavy (non-hydrogen) atoms. The molecule has 1 aliphatic rings. The number of nitrogens with one attached hydrogen (secondary N) is 2. The summed E-state index contributed by atoms with van der Waals surface area (Å²) in [5.41, 5.74) is 5.05. The highest BCUT2D eigenvalue weighted by molar-refractivity contribution is 14.0. The van der Waals surface area contributed by atoms with Gasteiger partial charge in [-0.2, -0.15) is 0 Å². The van der Waals surface area contributed by atoms with Gasteiger partial charge in [-0.25, -0.2) is 13.4 Å². The summed E-state index contributed by atoms with van der Waals surface area (Å²) in [6, 6.07) is 13.8. The van der Waals surface area contributed by atoms with Crippen molar-refractivity contribution in [2.75, 3.05) is 37.2 Å². The summed E-state index contributed by atoms with van der Waals surface area (Å²) >= 11 is 0. The molecule has 9 heteroatoms. The van der Waals surface area contributed by atoms with Gasteiger partial charge in [-0.05, 0) is 43.5 Å². The summed E-state index contributed by atoms with van der Waals surface area (Å²) in [4.78, 5) is 7.02. The predicted octanol–water partition coefficient (Wildman–Crippen LogP) is 3.83. The average Bonchev–Trinajstić information content (AvgIpc) is 2.71. The van der Waals surface area contributed by atoms with Crippen molar-refractivity contribution in [3.8, 4) is 0 Å². The van der Waals surface area contributed by atoms with E-state index in [0.717, 1.165) is 30.9 Å². The molecule has 2 aromatic rings. The monoisotopic (exact) mass is 572 g/mol. The number of sulfonamides is 1. The lowest BCUT2D eigenvalue weighted by molar-refractivity contribution is -0.00834. The van der Waals surface area contributed by atoms with Crippen LogP contribution in [0.15, 0.2) is 47.5 Å². The molecule has 3 rings (SSSR count). The van der Waals surface area contributed by atoms with Gasteiger partial charge in [-0.3, -0.25) is 4.72 Å². The number of hydrogen-bond donors (Lipinski definition) is 2. The van der Waals surface area contributed by atoms with E-state index in [9.17, 15) is 8.42 Å². The standard InChI is InChI=1S/C23H32N4O3S.HI/c1-5-24-23(25-15-19-8-6-7-9-21(19)26-31(4,28)29)27-12-13-30-22(16-27)20-11-10-17(2)14-18(20)3;/h6-11,14,22,26H,5,12-13,15-16H2,1-4H3,(H,24,25);1H. The lowest BCUT2D eigenvalue weighted by atomic mass is 10.00. The van der Waals surface area contributed by atoms with E-state index in [-0.39, 0.29) is 30.1 Å². The van der Waals surface area contributed by atoms with Gasteiger partial charge in [0.25, 0.3) is 0 Å². The van der Waals surface area contributed by atoms with E-state index in [1.165, 1.54) is 16.7 Å². The highest BCUT2D eigenvalue weighted by Gasteiger charge is 2.25. The van der Waals surface area contributed by atoms with Crippen LogP contribution in [0.5, 0.6) is 0 Å². The number of rotatable bonds is 6. The largest absolute Gasteiger partial charge is 0.370 e. The number of guanidine groups is 1. The molecule has 1 atom stereocenters. The minimum absolute atomic E-state index is 0. The molecule has 2 N–H and O–H groups in total. The molecule has 7 nitrogen and oxygen atoms in total. The summed E-state index contributed by atoms with van der Waals surface area (Å²) < 4.78 is 32.0. The summed E-state index contributed by atoms with van der Waals surface area (Å²) in [6.07, 6.45) is 1.13. The van der Waals surface area contributed by atoms with Crippen LogP contribution in [-0.2, 0) is 21.3 Å². The van der Waals surface area contributed by atoms with E-state index in [1.54, 1.807) is 6.07 Å². The van der Waals surface area contributed by atoms with Gasteiger partial charge in [0, 0.05) is 13.1 Å². The lowest BCUT2D eigenvalue weighted by Gasteiger charge is -2.36. The number of halogens is 1. The van der Waals surface area contributed by atoms with Gasteiger partial charge >= 0.3 is 0 Å². The Hall–Kier alpha value is -1.85. The van der Waals surface area contributed by atoms with Crippen LogP contribution in [0.4, 0.5) is 5.69 Å². The molecule has 1 saturated heterocycles. The Balaban J connectivity index is 0.00000363. The Morgan fingerprint density at radius 3 is 2.66 bits per heavy atom. The average molecular weight is 573 g/mol. The van der Waals surface area contributed by atoms with Crippen molar-refractivity contribution in [1.29, 1.82) is 0 Å². The Bertz CT molecular complexity index is 1040. The summed E-state index contributed by atoms with van der Waals surface area (Å²) in [6.45, 7) is 9.44. The lowest BCUT2D eigenvalue weighted by Crippen LogP contribution is -2.48. The number of hydrogen-bond acceptors (Lipinski definition) is 4. The van der Waals surface area contributed by atoms with Gasteiger partial charge in [0.05, 0.1) is 31.6 Å². The maximum Gasteiger partial charge on any atom is 0.229 e. The van der Waals surface area contributed by atoms with Gasteiger partial charge in [-0.15, -0.1) is 24.0 Å². The number of aliphatic imine (C=N–C) groups is 1. The first-order chi connectivity index (χ1) is 14.8. The molecule has 0 amide bonds. The molecule has 1 aliphatic heterocycles. The second kappa shape index (κ2) is 11.9. The van der Waals surface area contributed by atoms with Crippen LogP contribution in [0.2, 0.25) is 0 Å². The second-order valence-electron chi connectivity index (χ2n) is 7.87. The molecule has 1 fully saturated rings. The summed E-state index contributed by atoms with van der Waals surface area (Å²) in [5, 5.41) is 3.37. The molecule has 0 saturated carbocycles. The molecule has 2 aromatic carbocycles. The normalized spacial score (nSPS) is 16.9. The number of benzene rings is 2. The zero-order valence-corrected chi connectivity index (χ0v) is 22.2. The fraction of sp³-hybridized carbons (Fsp3) is 0.435. The number of para-hydroxylation sites is 1. The minimum Gasteiger partial charge on any atom is -0.370 e. The van der Waals surface area contributed by atoms with E-state index in [1.807, 2.05) is 25.1 Å². The number of morpholine rings is 1. The third-order valence-electron chi connectivity index (χ3n) is 5.18. The minimum atomic E-state index is -3.36. The quantitative estimate of drug-likeness (QED) is 0.313. The van der Waals surface area contributed by atoms with Gasteiger partial charge < -0.3 is 15.0 Å². The van der Waals surface area contributed by atoms with Crippen LogP contribution in [0.3, 0.4) is 0 Å². The number of aryl methyl sites for hydroxylation is 2. The molecule has 0 aliphatic carbocycles. The van der Waals surface area contributed by atoms with Gasteiger partial charge in [-0.1, -0.05) is 42.0 Å². The maximum absolute atomic E-state index is 11.7. The highest BCUT2D eigenvalue weighted by Crippen LogP contribution is 2.26. The highest BCUT2D eigenvalue weighted by atomic mass is 127. The van der Waals surface area contributed by atoms with Crippen molar-refractivity contribution in [3.63, 3.8) is 0 Å². The smallest absolute Gasteiger partial charge is 0.229 e. The first kappa shape index (κ1) is 26.4. The van der Waals surface area contributed by atoms with Gasteiger partial charge in [0.1, 0.15) is 6.10 Å². The van der Waals surface area contributed by atoms with Crippen LogP contribution in [-0.4, -0.2) is 51.8 Å². The van der Waals surface area contributed by atoms with Crippen LogP contribution in [0.1, 0.15) is 35.3 Å². The molecular weight excluding hydrogens is 539 g/mol. The molecule has 0 radical (unpaired) electrons. The Kier molecular flexibility index (Phi) is 9.78. The van der Waals surface area contributed by atoms with Gasteiger partial charge in [0.2, 0.25) is 10.0 Å². The van der Waals surface area contributed by atoms with Crippen molar-refractivity contribution in [3.05, 3.63) is 64.7 Å². The summed E-state index contributed by atoms with van der Waals surface area (Å²) in [5.74, 6) is 0.801. The summed E-state index contributed by atoms with van der Waals surface area (Å²) in [7, 11) is -3.36. The van der Waals surface area contributed by atoms with E-state index in [2.05, 4.69) is 47.0 Å². The van der Waals surface area contributed by atoms with E-state index < -0.39 is 10.0 Å². The number of nitrogens with zero attached hydrogens (tertiary/aromatic N) is 2. The van der Waals surface area contributed by atoms with E-state index >= 15 is 0 Å². The van der Waals surface area contributed by atoms with Crippen LogP contribution < -0.4 is 10.0 Å². The van der Waals surface area contributed by atoms with Crippen molar-refractivity contribution in [2.24, 2.45) is 4.99 Å². The molecule has 1 heterocycles. The van der Waals surface area contributed by atoms with E-state index in [0.29, 0.717) is 25.4 Å². The number of ether oxygens (including phenoxy) is 1. The molecule has 176 valence electrons. The zero-order chi connectivity index (χ0) is 22.4. The van der Waals surface area contributed by atoms with Crippen LogP contribution >= 0.6 is 24.0 Å². The molecule has 0 bridgehead atoms. The zero-order valence-electron chi connectivity index (χ0n) is 19.1. The topological polar surface area (TPSA) is 83.0 Å². The number of anilines is 1. The van der Waals surface area contributed by atoms with Crippen molar-refractivity contribution in [2.45, 2.75) is 33.4 Å². The van der Waals surface area contributed by atoms with Crippen molar-refractivity contribution >= 4 is 45.6 Å². The van der Waals surface area contributed by atoms with Crippen LogP contribution in [0, 0.1) is 13.8 Å². The third-order valence-corrected chi connectivity index (χ3v) is 5.78. The predicted molar refractivity (Wildman–Crippen MR) is 141 cm³/mol.